The topological polar surface area (TPSA) is 114 Å². The summed E-state index contributed by atoms with van der Waals surface area (Å²) in [6, 6.07) is 8.11. The van der Waals surface area contributed by atoms with Crippen LogP contribution in [-0.4, -0.2) is 52.7 Å². The average Bonchev–Trinajstić information content (AvgIpc) is 3.57. The minimum Gasteiger partial charge on any atom is -0.480 e. The van der Waals surface area contributed by atoms with Crippen molar-refractivity contribution in [1.82, 2.24) is 39.3 Å². The Balaban J connectivity index is 1.33. The Morgan fingerprint density at radius 1 is 1.08 bits per heavy atom. The molecule has 1 aromatic carbocycles. The molecule has 1 saturated carbocycles. The lowest BCUT2D eigenvalue weighted by molar-refractivity contribution is 0.111. The Kier molecular flexibility index (Phi) is 5.48. The van der Waals surface area contributed by atoms with Crippen molar-refractivity contribution < 1.29 is 9.53 Å². The van der Waals surface area contributed by atoms with E-state index in [0.717, 1.165) is 64.9 Å². The number of benzene rings is 1. The van der Waals surface area contributed by atoms with Gasteiger partial charge >= 0.3 is 0 Å². The number of fused-ring (bicyclic) bond motifs is 1. The van der Waals surface area contributed by atoms with E-state index in [1.54, 1.807) is 25.7 Å². The lowest BCUT2D eigenvalue weighted by Crippen LogP contribution is -2.05. The van der Waals surface area contributed by atoms with Gasteiger partial charge in [-0.1, -0.05) is 24.3 Å². The maximum absolute atomic E-state index is 11.2. The molecule has 0 spiro atoms. The van der Waals surface area contributed by atoms with Crippen LogP contribution < -0.4 is 4.74 Å². The number of hydrogen-bond donors (Lipinski definition) is 0. The van der Waals surface area contributed by atoms with Crippen LogP contribution in [0.3, 0.4) is 0 Å². The molecule has 0 N–H and O–H groups in total. The first kappa shape index (κ1) is 22.0. The Bertz CT molecular complexity index is 1570. The van der Waals surface area contributed by atoms with E-state index in [9.17, 15) is 4.79 Å². The molecule has 0 atom stereocenters. The molecular formula is C26H24N8O2. The molecule has 0 bridgehead atoms. The highest BCUT2D eigenvalue weighted by Gasteiger charge is 2.31. The van der Waals surface area contributed by atoms with Gasteiger partial charge in [-0.25, -0.2) is 29.6 Å². The Morgan fingerprint density at radius 3 is 2.64 bits per heavy atom. The maximum atomic E-state index is 11.2. The van der Waals surface area contributed by atoms with Crippen molar-refractivity contribution >= 4 is 17.3 Å². The van der Waals surface area contributed by atoms with Gasteiger partial charge in [-0.15, -0.1) is 0 Å². The molecule has 4 aromatic heterocycles. The largest absolute Gasteiger partial charge is 0.480 e. The van der Waals surface area contributed by atoms with Gasteiger partial charge in [-0.3, -0.25) is 4.79 Å². The van der Waals surface area contributed by atoms with Crippen LogP contribution >= 0.6 is 0 Å². The van der Waals surface area contributed by atoms with Gasteiger partial charge in [0.25, 0.3) is 0 Å². The van der Waals surface area contributed by atoms with E-state index in [2.05, 4.69) is 25.0 Å². The monoisotopic (exact) mass is 480 g/mol. The van der Waals surface area contributed by atoms with Crippen molar-refractivity contribution in [1.29, 1.82) is 0 Å². The van der Waals surface area contributed by atoms with E-state index in [1.807, 2.05) is 40.4 Å². The van der Waals surface area contributed by atoms with Gasteiger partial charge in [-0.05, 0) is 25.3 Å². The fourth-order valence-electron chi connectivity index (χ4n) is 4.41. The molecule has 10 heteroatoms. The second kappa shape index (κ2) is 8.95. The van der Waals surface area contributed by atoms with Gasteiger partial charge in [-0.2, -0.15) is 5.10 Å². The molecule has 6 rings (SSSR count). The summed E-state index contributed by atoms with van der Waals surface area (Å²) in [5.41, 5.74) is 4.86. The van der Waals surface area contributed by atoms with Crippen LogP contribution in [0.2, 0.25) is 0 Å². The zero-order valence-corrected chi connectivity index (χ0v) is 20.0. The molecule has 0 aliphatic heterocycles. The maximum Gasteiger partial charge on any atom is 0.227 e. The molecule has 5 aromatic rings. The second-order valence-corrected chi connectivity index (χ2v) is 8.78. The van der Waals surface area contributed by atoms with Crippen LogP contribution in [0.1, 0.15) is 47.4 Å². The molecule has 1 fully saturated rings. The van der Waals surface area contributed by atoms with Crippen LogP contribution in [0.15, 0.2) is 49.2 Å². The first-order valence-corrected chi connectivity index (χ1v) is 11.9. The lowest BCUT2D eigenvalue weighted by atomic mass is 10.1. The fourth-order valence-corrected chi connectivity index (χ4v) is 4.41. The first-order valence-electron chi connectivity index (χ1n) is 11.9. The number of aromatic nitrogens is 8. The number of hydrogen-bond acceptors (Lipinski definition) is 8. The van der Waals surface area contributed by atoms with Crippen molar-refractivity contribution in [2.24, 2.45) is 0 Å². The molecular weight excluding hydrogens is 456 g/mol. The first-order chi connectivity index (χ1) is 17.7. The number of carbonyl (C=O) groups is 1. The van der Waals surface area contributed by atoms with Gasteiger partial charge in [0, 0.05) is 30.4 Å². The fraction of sp³-hybridized carbons (Fsp3) is 0.269. The highest BCUT2D eigenvalue weighted by molar-refractivity contribution is 5.77. The summed E-state index contributed by atoms with van der Waals surface area (Å²) in [4.78, 5) is 33.8. The van der Waals surface area contributed by atoms with Crippen LogP contribution in [0.25, 0.3) is 33.8 Å². The molecule has 0 saturated heterocycles. The minimum absolute atomic E-state index is 0.394. The minimum atomic E-state index is 0.394. The van der Waals surface area contributed by atoms with E-state index < -0.39 is 0 Å². The molecule has 1 aliphatic rings. The number of rotatable bonds is 8. The van der Waals surface area contributed by atoms with Crippen molar-refractivity contribution in [3.8, 4) is 28.7 Å². The van der Waals surface area contributed by atoms with Gasteiger partial charge < -0.3 is 9.30 Å². The van der Waals surface area contributed by atoms with Crippen molar-refractivity contribution in [3.63, 3.8) is 0 Å². The van der Waals surface area contributed by atoms with Gasteiger partial charge in [0.15, 0.2) is 17.8 Å². The predicted octanol–water partition coefficient (Wildman–Crippen LogP) is 3.91. The van der Waals surface area contributed by atoms with E-state index in [0.29, 0.717) is 29.9 Å². The number of nitrogens with zero attached hydrogens (tertiary/aromatic N) is 8. The summed E-state index contributed by atoms with van der Waals surface area (Å²) in [6.07, 6.45) is 9.82. The number of imidazole rings is 1. The van der Waals surface area contributed by atoms with Crippen molar-refractivity contribution in [2.45, 2.75) is 38.8 Å². The van der Waals surface area contributed by atoms with E-state index >= 15 is 0 Å². The highest BCUT2D eigenvalue weighted by Crippen LogP contribution is 2.44. The van der Waals surface area contributed by atoms with Crippen LogP contribution in [0.4, 0.5) is 0 Å². The summed E-state index contributed by atoms with van der Waals surface area (Å²) in [6.45, 7) is 3.30. The molecule has 1 aliphatic carbocycles. The second-order valence-electron chi connectivity index (χ2n) is 8.78. The summed E-state index contributed by atoms with van der Waals surface area (Å²) in [5, 5.41) is 5.41. The van der Waals surface area contributed by atoms with Gasteiger partial charge in [0.2, 0.25) is 5.88 Å². The number of ether oxygens (including phenoxy) is 1. The highest BCUT2D eigenvalue weighted by atomic mass is 16.5. The quantitative estimate of drug-likeness (QED) is 0.307. The molecule has 10 nitrogen and oxygen atoms in total. The van der Waals surface area contributed by atoms with Gasteiger partial charge in [0.1, 0.15) is 23.4 Å². The van der Waals surface area contributed by atoms with Crippen LogP contribution in [0, 0.1) is 0 Å². The van der Waals surface area contributed by atoms with E-state index in [1.165, 1.54) is 6.33 Å². The van der Waals surface area contributed by atoms with Gasteiger partial charge in [0.05, 0.1) is 30.9 Å². The Morgan fingerprint density at radius 2 is 1.92 bits per heavy atom. The summed E-state index contributed by atoms with van der Waals surface area (Å²) in [5.74, 6) is 2.19. The number of carbonyl (C=O) groups excluding carboxylic acids is 1. The van der Waals surface area contributed by atoms with Crippen molar-refractivity contribution in [2.75, 3.05) is 7.11 Å². The molecule has 180 valence electrons. The third kappa shape index (κ3) is 3.90. The molecule has 0 unspecified atom stereocenters. The summed E-state index contributed by atoms with van der Waals surface area (Å²) >= 11 is 0. The zero-order valence-electron chi connectivity index (χ0n) is 20.0. The summed E-state index contributed by atoms with van der Waals surface area (Å²) < 4.78 is 9.36. The number of aryl methyl sites for hydroxylation is 1. The standard InChI is InChI=1S/C26H24N8O2/c1-3-33-13-20(14-35)31-24(33)18-6-4-16(5-7-18)12-34-25-19(11-30-34)10-27-23(32-25)21-22(17-8-9-17)28-15-29-26(21)36-2/h4-7,10-11,13-15,17H,3,8-9,12H2,1-2H3. The predicted molar refractivity (Wildman–Crippen MR) is 133 cm³/mol. The SMILES string of the molecule is CCn1cc(C=O)nc1-c1ccc(Cn2ncc3cnc(-c4c(OC)ncnc4C4CC4)nc32)cc1. The lowest BCUT2D eigenvalue weighted by Gasteiger charge is -2.11. The molecule has 0 radical (unpaired) electrons. The smallest absolute Gasteiger partial charge is 0.227 e. The number of methoxy groups -OCH3 is 1. The summed E-state index contributed by atoms with van der Waals surface area (Å²) in [7, 11) is 1.60. The van der Waals surface area contributed by atoms with Crippen LogP contribution in [-0.2, 0) is 13.1 Å². The third-order valence-electron chi connectivity index (χ3n) is 6.40. The molecule has 4 heterocycles. The Labute approximate surface area is 207 Å². The average molecular weight is 481 g/mol. The van der Waals surface area contributed by atoms with E-state index in [4.69, 9.17) is 9.72 Å². The Hall–Kier alpha value is -4.47. The number of aldehydes is 1. The third-order valence-corrected chi connectivity index (χ3v) is 6.40. The molecule has 36 heavy (non-hydrogen) atoms. The van der Waals surface area contributed by atoms with E-state index in [-0.39, 0.29) is 0 Å². The molecule has 0 amide bonds. The normalized spacial score (nSPS) is 13.3. The zero-order chi connectivity index (χ0) is 24.6. The van der Waals surface area contributed by atoms with Crippen LogP contribution in [0.5, 0.6) is 5.88 Å². The van der Waals surface area contributed by atoms with Crippen molar-refractivity contribution in [3.05, 3.63) is 66.1 Å².